The molecule has 2 rings (SSSR count). The lowest BCUT2D eigenvalue weighted by molar-refractivity contribution is -0.119. The number of esters is 1. The second-order valence-corrected chi connectivity index (χ2v) is 7.26. The van der Waals surface area contributed by atoms with Crippen LogP contribution in [-0.2, 0) is 20.3 Å². The van der Waals surface area contributed by atoms with Crippen molar-refractivity contribution in [2.45, 2.75) is 11.8 Å². The fraction of sp³-hybridized carbons (Fsp3) is 0.176. The summed E-state index contributed by atoms with van der Waals surface area (Å²) in [7, 11) is -1.32. The van der Waals surface area contributed by atoms with E-state index in [0.717, 1.165) is 10.0 Å². The van der Waals surface area contributed by atoms with Gasteiger partial charge in [0.25, 0.3) is 5.91 Å². The summed E-state index contributed by atoms with van der Waals surface area (Å²) in [6.45, 7) is 1.51. The number of benzene rings is 2. The molecule has 0 aliphatic heterocycles. The van der Waals surface area contributed by atoms with Gasteiger partial charge in [-0.25, -0.2) is 4.79 Å². The van der Waals surface area contributed by atoms with Crippen molar-refractivity contribution >= 4 is 44.3 Å². The van der Waals surface area contributed by atoms with E-state index < -0.39 is 29.3 Å². The molecule has 0 aliphatic carbocycles. The molecule has 0 bridgehead atoms. The number of ether oxygens (including phenoxy) is 1. The van der Waals surface area contributed by atoms with Gasteiger partial charge in [0.1, 0.15) is 0 Å². The Bertz CT molecular complexity index is 807. The Labute approximate surface area is 151 Å². The van der Waals surface area contributed by atoms with Crippen LogP contribution in [0, 0.1) is 6.92 Å². The van der Waals surface area contributed by atoms with Crippen molar-refractivity contribution in [1.82, 2.24) is 0 Å². The number of carbonyl (C=O) groups excluding carboxylic acids is 2. The Morgan fingerprint density at radius 3 is 2.58 bits per heavy atom. The van der Waals surface area contributed by atoms with E-state index in [1.807, 2.05) is 19.1 Å². The minimum atomic E-state index is -1.32. The average molecular weight is 410 g/mol. The first-order valence-corrected chi connectivity index (χ1v) is 9.39. The third-order valence-electron chi connectivity index (χ3n) is 3.15. The number of aryl methyl sites for hydroxylation is 1. The summed E-state index contributed by atoms with van der Waals surface area (Å²) >= 11 is 3.36. The highest BCUT2D eigenvalue weighted by molar-refractivity contribution is 9.10. The Morgan fingerprint density at radius 1 is 1.21 bits per heavy atom. The molecule has 0 saturated carbocycles. The van der Waals surface area contributed by atoms with E-state index in [9.17, 15) is 13.8 Å². The highest BCUT2D eigenvalue weighted by Crippen LogP contribution is 2.23. The van der Waals surface area contributed by atoms with Crippen molar-refractivity contribution in [1.29, 1.82) is 0 Å². The highest BCUT2D eigenvalue weighted by atomic mass is 79.9. The van der Waals surface area contributed by atoms with Crippen LogP contribution in [0.15, 0.2) is 51.8 Å². The summed E-state index contributed by atoms with van der Waals surface area (Å²) in [4.78, 5) is 24.4. The lowest BCUT2D eigenvalue weighted by Gasteiger charge is -2.10. The molecule has 1 N–H and O–H groups in total. The van der Waals surface area contributed by atoms with Crippen LogP contribution in [0.4, 0.5) is 5.69 Å². The van der Waals surface area contributed by atoms with Crippen molar-refractivity contribution in [2.24, 2.45) is 0 Å². The fourth-order valence-corrected chi connectivity index (χ4v) is 3.33. The molecular weight excluding hydrogens is 394 g/mol. The van der Waals surface area contributed by atoms with Crippen LogP contribution in [0.25, 0.3) is 0 Å². The van der Waals surface area contributed by atoms with Crippen LogP contribution in [0.3, 0.4) is 0 Å². The summed E-state index contributed by atoms with van der Waals surface area (Å²) in [5.74, 6) is -1.14. The Balaban J connectivity index is 1.99. The van der Waals surface area contributed by atoms with Crippen LogP contribution in [0.5, 0.6) is 0 Å². The van der Waals surface area contributed by atoms with Gasteiger partial charge in [-0.1, -0.05) is 18.2 Å². The molecule has 2 aromatic carbocycles. The fourth-order valence-electron chi connectivity index (χ4n) is 2.00. The molecule has 0 aliphatic rings. The zero-order chi connectivity index (χ0) is 17.7. The third kappa shape index (κ3) is 4.75. The van der Waals surface area contributed by atoms with E-state index in [1.54, 1.807) is 24.3 Å². The molecular formula is C17H16BrNO4S. The summed E-state index contributed by atoms with van der Waals surface area (Å²) in [6, 6.07) is 11.9. The molecule has 7 heteroatoms. The van der Waals surface area contributed by atoms with Crippen LogP contribution in [0.1, 0.15) is 15.9 Å². The molecule has 0 unspecified atom stereocenters. The SMILES string of the molecule is Cc1ccc(NC(=O)COC(=O)c2ccccc2[S@](C)=O)c(Br)c1. The van der Waals surface area contributed by atoms with Gasteiger partial charge in [-0.15, -0.1) is 0 Å². The van der Waals surface area contributed by atoms with E-state index in [2.05, 4.69) is 21.2 Å². The molecule has 0 spiro atoms. The number of anilines is 1. The quantitative estimate of drug-likeness (QED) is 0.768. The molecule has 5 nitrogen and oxygen atoms in total. The van der Waals surface area contributed by atoms with Gasteiger partial charge in [0.05, 0.1) is 26.9 Å². The third-order valence-corrected chi connectivity index (χ3v) is 4.78. The molecule has 24 heavy (non-hydrogen) atoms. The molecule has 0 radical (unpaired) electrons. The number of carbonyl (C=O) groups is 2. The molecule has 2 aromatic rings. The Hall–Kier alpha value is -1.99. The minimum Gasteiger partial charge on any atom is -0.452 e. The number of rotatable bonds is 5. The van der Waals surface area contributed by atoms with Gasteiger partial charge in [-0.3, -0.25) is 9.00 Å². The zero-order valence-corrected chi connectivity index (χ0v) is 15.6. The Kier molecular flexibility index (Phi) is 6.28. The molecule has 1 atom stereocenters. The highest BCUT2D eigenvalue weighted by Gasteiger charge is 2.16. The van der Waals surface area contributed by atoms with Gasteiger partial charge in [-0.2, -0.15) is 0 Å². The van der Waals surface area contributed by atoms with Crippen LogP contribution in [0.2, 0.25) is 0 Å². The number of halogens is 1. The van der Waals surface area contributed by atoms with Crippen molar-refractivity contribution in [3.05, 3.63) is 58.1 Å². The second kappa shape index (κ2) is 8.21. The largest absolute Gasteiger partial charge is 0.452 e. The van der Waals surface area contributed by atoms with E-state index in [1.165, 1.54) is 12.3 Å². The van der Waals surface area contributed by atoms with Gasteiger partial charge in [0.2, 0.25) is 0 Å². The van der Waals surface area contributed by atoms with Crippen molar-refractivity contribution in [3.8, 4) is 0 Å². The second-order valence-electron chi connectivity index (χ2n) is 5.06. The van der Waals surface area contributed by atoms with Crippen LogP contribution < -0.4 is 5.32 Å². The van der Waals surface area contributed by atoms with Crippen LogP contribution in [-0.4, -0.2) is 28.9 Å². The first kappa shape index (κ1) is 18.4. The summed E-state index contributed by atoms with van der Waals surface area (Å²) < 4.78 is 17.4. The van der Waals surface area contributed by atoms with Gasteiger partial charge in [-0.05, 0) is 52.7 Å². The summed E-state index contributed by atoms with van der Waals surface area (Å²) in [5.41, 5.74) is 1.84. The van der Waals surface area contributed by atoms with Gasteiger partial charge >= 0.3 is 5.97 Å². The Morgan fingerprint density at radius 2 is 1.92 bits per heavy atom. The van der Waals surface area contributed by atoms with Crippen molar-refractivity contribution in [3.63, 3.8) is 0 Å². The standard InChI is InChI=1S/C17H16BrNO4S/c1-11-7-8-14(13(18)9-11)19-16(20)10-23-17(21)12-5-3-4-6-15(12)24(2)22/h3-9H,10H2,1-2H3,(H,19,20)/t24-/m0/s1. The maximum atomic E-state index is 12.1. The molecule has 0 saturated heterocycles. The predicted molar refractivity (Wildman–Crippen MR) is 96.6 cm³/mol. The van der Waals surface area contributed by atoms with Gasteiger partial charge in [0.15, 0.2) is 6.61 Å². The van der Waals surface area contributed by atoms with Crippen molar-refractivity contribution < 1.29 is 18.5 Å². The molecule has 0 fully saturated rings. The minimum absolute atomic E-state index is 0.197. The molecule has 126 valence electrons. The van der Waals surface area contributed by atoms with E-state index >= 15 is 0 Å². The smallest absolute Gasteiger partial charge is 0.339 e. The number of hydrogen-bond donors (Lipinski definition) is 1. The van der Waals surface area contributed by atoms with Crippen LogP contribution >= 0.6 is 15.9 Å². The number of amides is 1. The first-order valence-electron chi connectivity index (χ1n) is 7.04. The zero-order valence-electron chi connectivity index (χ0n) is 13.2. The van der Waals surface area contributed by atoms with Gasteiger partial charge in [0, 0.05) is 10.7 Å². The maximum Gasteiger partial charge on any atom is 0.339 e. The summed E-state index contributed by atoms with van der Waals surface area (Å²) in [5, 5.41) is 2.66. The normalized spacial score (nSPS) is 11.6. The van der Waals surface area contributed by atoms with Crippen molar-refractivity contribution in [2.75, 3.05) is 18.2 Å². The topological polar surface area (TPSA) is 72.5 Å². The monoisotopic (exact) mass is 409 g/mol. The number of nitrogens with one attached hydrogen (secondary N) is 1. The average Bonchev–Trinajstić information content (AvgIpc) is 2.55. The number of hydrogen-bond acceptors (Lipinski definition) is 4. The lowest BCUT2D eigenvalue weighted by atomic mass is 10.2. The maximum absolute atomic E-state index is 12.1. The predicted octanol–water partition coefficient (Wildman–Crippen LogP) is 3.29. The lowest BCUT2D eigenvalue weighted by Crippen LogP contribution is -2.21. The molecule has 1 amide bonds. The molecule has 0 aromatic heterocycles. The van der Waals surface area contributed by atoms with E-state index in [-0.39, 0.29) is 5.56 Å². The molecule has 0 heterocycles. The van der Waals surface area contributed by atoms with E-state index in [0.29, 0.717) is 10.6 Å². The van der Waals surface area contributed by atoms with Gasteiger partial charge < -0.3 is 10.1 Å². The first-order chi connectivity index (χ1) is 11.4. The summed E-state index contributed by atoms with van der Waals surface area (Å²) in [6.07, 6.45) is 1.48. The van der Waals surface area contributed by atoms with E-state index in [4.69, 9.17) is 4.74 Å².